The number of nitrogens with one attached hydrogen (secondary N) is 1. The molecule has 2 aliphatic carbocycles. The minimum atomic E-state index is -6.11. The third-order valence-corrected chi connectivity index (χ3v) is 17.0. The van der Waals surface area contributed by atoms with Crippen LogP contribution in [0.5, 0.6) is 11.5 Å². The van der Waals surface area contributed by atoms with Gasteiger partial charge in [-0.2, -0.15) is 21.6 Å². The predicted octanol–water partition coefficient (Wildman–Crippen LogP) is 12.8. The Bertz CT molecular complexity index is 3900. The summed E-state index contributed by atoms with van der Waals surface area (Å²) in [6.45, 7) is 0.776. The first-order chi connectivity index (χ1) is 43.0. The lowest BCUT2D eigenvalue weighted by atomic mass is 10.0. The molecule has 6 aliphatic rings. The number of ketones is 2. The van der Waals surface area contributed by atoms with Gasteiger partial charge < -0.3 is 34.4 Å². The second-order valence-corrected chi connectivity index (χ2v) is 24.1. The number of benzene rings is 6. The Labute approximate surface area is 517 Å². The minimum absolute atomic E-state index is 0.00694. The van der Waals surface area contributed by atoms with E-state index in [1.807, 2.05) is 0 Å². The van der Waals surface area contributed by atoms with Crippen molar-refractivity contribution in [1.29, 1.82) is 0 Å². The Morgan fingerprint density at radius 2 is 0.837 bits per heavy atom. The van der Waals surface area contributed by atoms with Gasteiger partial charge in [-0.05, 0) is 108 Å². The number of carbonyl (C=O) groups is 6. The van der Waals surface area contributed by atoms with Crippen LogP contribution in [0, 0.1) is 11.6 Å². The first-order valence-electron chi connectivity index (χ1n) is 28.8. The van der Waals surface area contributed by atoms with Gasteiger partial charge in [0, 0.05) is 155 Å². The highest BCUT2D eigenvalue weighted by Gasteiger charge is 2.49. The van der Waals surface area contributed by atoms with E-state index in [0.717, 1.165) is 35.4 Å². The van der Waals surface area contributed by atoms with Gasteiger partial charge in [0.1, 0.15) is 0 Å². The number of aromatic carboxylic acids is 1. The lowest BCUT2D eigenvalue weighted by molar-refractivity contribution is -0.0505. The largest absolute Gasteiger partial charge is 0.534 e. The van der Waals surface area contributed by atoms with Crippen molar-refractivity contribution in [3.8, 4) is 11.5 Å². The Morgan fingerprint density at radius 3 is 1.24 bits per heavy atom. The Kier molecular flexibility index (Phi) is 21.1. The van der Waals surface area contributed by atoms with Crippen LogP contribution >= 0.6 is 0 Å². The number of aromatic hydroxyl groups is 1. The molecule has 0 bridgehead atoms. The minimum Gasteiger partial charge on any atom is -0.504 e. The number of hydrogen-bond donors (Lipinski definition) is 3. The highest BCUT2D eigenvalue weighted by atomic mass is 32.2. The lowest BCUT2D eigenvalue weighted by Crippen LogP contribution is -2.42. The van der Waals surface area contributed by atoms with Crippen molar-refractivity contribution in [3.05, 3.63) is 153 Å². The maximum Gasteiger partial charge on any atom is 0.534 e. The summed E-state index contributed by atoms with van der Waals surface area (Å²) in [6.07, 6.45) is 0.139. The van der Waals surface area contributed by atoms with Gasteiger partial charge in [0.25, 0.3) is 41.4 Å². The molecule has 4 saturated heterocycles. The molecule has 0 saturated carbocycles. The third-order valence-electron chi connectivity index (χ3n) is 16.1. The number of halogens is 13. The molecule has 6 aromatic rings. The van der Waals surface area contributed by atoms with Crippen LogP contribution in [-0.4, -0.2) is 150 Å². The predicted molar refractivity (Wildman–Crippen MR) is 308 cm³/mol. The van der Waals surface area contributed by atoms with Gasteiger partial charge in [0.05, 0.1) is 5.56 Å². The number of aryl methyl sites for hydroxylation is 2. The smallest absolute Gasteiger partial charge is 0.504 e. The van der Waals surface area contributed by atoms with Gasteiger partial charge in [-0.3, -0.25) is 24.0 Å². The van der Waals surface area contributed by atoms with Crippen LogP contribution in [0.4, 0.5) is 57.1 Å². The number of amides is 3. The molecule has 494 valence electrons. The summed E-state index contributed by atoms with van der Waals surface area (Å²) in [4.78, 5) is 74.5. The highest BCUT2D eigenvalue weighted by molar-refractivity contribution is 7.88. The van der Waals surface area contributed by atoms with Crippen molar-refractivity contribution in [3.63, 3.8) is 0 Å². The van der Waals surface area contributed by atoms with E-state index < -0.39 is 87.2 Å². The molecule has 0 atom stereocenters. The van der Waals surface area contributed by atoms with Crippen molar-refractivity contribution in [2.45, 2.75) is 106 Å². The molecule has 3 amide bonds. The van der Waals surface area contributed by atoms with Crippen molar-refractivity contribution in [1.82, 2.24) is 20.0 Å². The number of carboxylic acids is 1. The second kappa shape index (κ2) is 27.9. The van der Waals surface area contributed by atoms with Crippen LogP contribution in [0.25, 0.3) is 21.5 Å². The first-order valence-corrected chi connectivity index (χ1v) is 30.2. The van der Waals surface area contributed by atoms with E-state index in [1.54, 1.807) is 30.3 Å². The zero-order valence-corrected chi connectivity index (χ0v) is 49.4. The fraction of sp³-hybridized carbons (Fsp3) is 0.397. The SMILES string of the molecule is FC1(F)CCNCC1.O=C(O)c1ccc2c(c1)CCC2=O.O=C(c1ccc2c(O)c(F)ccc2c1)N1CCC(F)(F)CC1.O=C(c1ccc2c(OS(=O)(=O)C(F)(F)F)c(F)ccc2c1)N1CCC(F)(F)CC1.O=C1CCc2cc(C(=O)N3CCC(F)(F)CC3)ccc21. The van der Waals surface area contributed by atoms with Crippen LogP contribution in [0.3, 0.4) is 0 Å². The molecule has 0 aromatic heterocycles. The Morgan fingerprint density at radius 1 is 0.478 bits per heavy atom. The lowest BCUT2D eigenvalue weighted by Gasteiger charge is -2.31. The van der Waals surface area contributed by atoms with Crippen LogP contribution in [0.2, 0.25) is 0 Å². The summed E-state index contributed by atoms with van der Waals surface area (Å²) in [6, 6.07) is 21.9. The van der Waals surface area contributed by atoms with Gasteiger partial charge >= 0.3 is 21.6 Å². The first kappa shape index (κ1) is 69.5. The number of piperidine rings is 4. The number of fused-ring (bicyclic) bond motifs is 4. The Hall–Kier alpha value is -8.34. The number of phenols is 1. The summed E-state index contributed by atoms with van der Waals surface area (Å²) < 4.78 is 194. The normalized spacial score (nSPS) is 18.7. The summed E-state index contributed by atoms with van der Waals surface area (Å²) in [5.41, 5.74) is -1.52. The average molecular weight is 1330 g/mol. The number of carboxylic acid groups (broad SMARTS) is 1. The Balaban J connectivity index is 0.000000155. The van der Waals surface area contributed by atoms with Crippen molar-refractivity contribution < 1.29 is 109 Å². The third kappa shape index (κ3) is 17.2. The number of carbonyl (C=O) groups excluding carboxylic acids is 5. The van der Waals surface area contributed by atoms with Crippen molar-refractivity contribution in [2.24, 2.45) is 0 Å². The molecule has 3 N–H and O–H groups in total. The van der Waals surface area contributed by atoms with E-state index in [4.69, 9.17) is 5.11 Å². The molecular formula is C63H59F13N4O11S. The number of nitrogens with zero attached hydrogens (tertiary/aromatic N) is 3. The number of phenolic OH excluding ortho intramolecular Hbond substituents is 1. The van der Waals surface area contributed by atoms with Crippen LogP contribution in [0.1, 0.15) is 137 Å². The fourth-order valence-corrected chi connectivity index (χ4v) is 11.2. The summed E-state index contributed by atoms with van der Waals surface area (Å²) >= 11 is 0. The zero-order valence-electron chi connectivity index (χ0n) is 48.6. The van der Waals surface area contributed by atoms with Gasteiger partial charge in [-0.1, -0.05) is 24.3 Å². The van der Waals surface area contributed by atoms with E-state index in [1.165, 1.54) is 51.1 Å². The van der Waals surface area contributed by atoms with Gasteiger partial charge in [-0.15, -0.1) is 0 Å². The molecule has 4 heterocycles. The van der Waals surface area contributed by atoms with E-state index in [2.05, 4.69) is 9.50 Å². The van der Waals surface area contributed by atoms with Crippen molar-refractivity contribution >= 4 is 66.9 Å². The number of Topliss-reactive ketones (excluding diaryl/α,β-unsaturated/α-hetero) is 2. The van der Waals surface area contributed by atoms with Gasteiger partial charge in [-0.25, -0.2) is 48.7 Å². The monoisotopic (exact) mass is 1330 g/mol. The maximum absolute atomic E-state index is 14.0. The zero-order chi connectivity index (χ0) is 67.3. The fourth-order valence-electron chi connectivity index (χ4n) is 10.7. The molecule has 29 heteroatoms. The molecule has 92 heavy (non-hydrogen) atoms. The molecule has 4 fully saturated rings. The standard InChI is InChI=1S/C17H13F6NO4S.C16H14F3NO2.C15H15F2NO2.C10H8O3.C5H9F2N/c18-13-4-2-10-9-11(15(25)24-7-5-16(19,20)6-8-24)1-3-12(10)14(13)28-29(26,27)17(21,22)23;17-13-4-2-10-9-11(1-3-12(10)14(13)21)15(22)20-7-5-16(18,19)6-8-20;16-15(17)5-7-18(8-6-15)14(20)11-1-3-12-10(9-11)2-4-13(12)19;11-9-4-2-6-5-7(10(12)13)1-3-8(6)9;6-5(7)1-3-8-4-2-5/h1-4,9H,5-8H2;1-4,9,21H,5-8H2;1,3,9H,2,4-8H2;1,3,5H,2,4H2,(H,12,13);8H,1-4H2. The van der Waals surface area contributed by atoms with Crippen molar-refractivity contribution in [2.75, 3.05) is 52.4 Å². The maximum atomic E-state index is 14.0. The number of likely N-dealkylation sites (tertiary alicyclic amines) is 3. The molecule has 0 spiro atoms. The van der Waals surface area contributed by atoms with Gasteiger partial charge in [0.15, 0.2) is 34.7 Å². The molecule has 4 aliphatic heterocycles. The van der Waals surface area contributed by atoms with Crippen LogP contribution in [-0.2, 0) is 23.0 Å². The summed E-state index contributed by atoms with van der Waals surface area (Å²) in [5.74, 6) is -16.1. The molecule has 6 aromatic carbocycles. The van der Waals surface area contributed by atoms with E-state index in [-0.39, 0.29) is 123 Å². The van der Waals surface area contributed by atoms with Gasteiger partial charge in [0.2, 0.25) is 0 Å². The molecular weight excluding hydrogens is 1270 g/mol. The summed E-state index contributed by atoms with van der Waals surface area (Å²) in [7, 11) is -6.11. The summed E-state index contributed by atoms with van der Waals surface area (Å²) in [5, 5.41) is 21.8. The molecule has 12 rings (SSSR count). The molecule has 0 unspecified atom stereocenters. The number of alkyl halides is 11. The van der Waals surface area contributed by atoms with E-state index >= 15 is 0 Å². The molecule has 0 radical (unpaired) electrons. The quantitative estimate of drug-likeness (QED) is 0.0809. The highest BCUT2D eigenvalue weighted by Crippen LogP contribution is 2.37. The number of hydrogen-bond acceptors (Lipinski definition) is 11. The average Bonchev–Trinajstić information content (AvgIpc) is 1.05. The van der Waals surface area contributed by atoms with E-state index in [0.29, 0.717) is 77.9 Å². The molecule has 15 nitrogen and oxygen atoms in total. The topological polar surface area (TPSA) is 208 Å². The van der Waals surface area contributed by atoms with Crippen LogP contribution in [0.15, 0.2) is 97.1 Å². The second-order valence-electron chi connectivity index (χ2n) is 22.6. The number of rotatable bonds is 6. The van der Waals surface area contributed by atoms with E-state index in [9.17, 15) is 99.4 Å². The van der Waals surface area contributed by atoms with Crippen LogP contribution < -0.4 is 9.50 Å².